The van der Waals surface area contributed by atoms with E-state index in [0.717, 1.165) is 34.5 Å². The molecule has 1 aromatic heterocycles. The number of ether oxygens (including phenoxy) is 1. The molecule has 0 aliphatic heterocycles. The Kier molecular flexibility index (Phi) is 6.42. The SMILES string of the molecule is CCOC(=O)c1nn(-c2ccc(C)cc2)c(=O)cc1NC(=O)c1ccccc1C(F)(F)F. The van der Waals surface area contributed by atoms with Crippen molar-refractivity contribution in [3.63, 3.8) is 0 Å². The highest BCUT2D eigenvalue weighted by atomic mass is 19.4. The van der Waals surface area contributed by atoms with Gasteiger partial charge in [0.2, 0.25) is 0 Å². The average Bonchev–Trinajstić information content (AvgIpc) is 2.74. The van der Waals surface area contributed by atoms with Crippen molar-refractivity contribution in [1.82, 2.24) is 9.78 Å². The van der Waals surface area contributed by atoms with Crippen molar-refractivity contribution in [2.45, 2.75) is 20.0 Å². The Morgan fingerprint density at radius 2 is 1.75 bits per heavy atom. The molecule has 166 valence electrons. The zero-order valence-corrected chi connectivity index (χ0v) is 17.1. The molecule has 32 heavy (non-hydrogen) atoms. The van der Waals surface area contributed by atoms with Gasteiger partial charge in [-0.25, -0.2) is 4.79 Å². The van der Waals surface area contributed by atoms with Gasteiger partial charge in [0.05, 0.1) is 29.1 Å². The van der Waals surface area contributed by atoms with Crippen LogP contribution in [0.4, 0.5) is 18.9 Å². The lowest BCUT2D eigenvalue weighted by atomic mass is 10.1. The minimum Gasteiger partial charge on any atom is -0.461 e. The summed E-state index contributed by atoms with van der Waals surface area (Å²) >= 11 is 0. The first-order valence-corrected chi connectivity index (χ1v) is 9.48. The lowest BCUT2D eigenvalue weighted by Gasteiger charge is -2.15. The van der Waals surface area contributed by atoms with Crippen molar-refractivity contribution >= 4 is 17.6 Å². The molecule has 3 aromatic rings. The zero-order chi connectivity index (χ0) is 23.5. The summed E-state index contributed by atoms with van der Waals surface area (Å²) in [7, 11) is 0. The number of esters is 1. The van der Waals surface area contributed by atoms with Crippen LogP contribution >= 0.6 is 0 Å². The summed E-state index contributed by atoms with van der Waals surface area (Å²) in [6.45, 7) is 3.38. The summed E-state index contributed by atoms with van der Waals surface area (Å²) < 4.78 is 45.7. The second kappa shape index (κ2) is 9.04. The first-order valence-electron chi connectivity index (χ1n) is 9.48. The van der Waals surface area contributed by atoms with Crippen LogP contribution in [0.15, 0.2) is 59.4 Å². The molecule has 0 unspecified atom stereocenters. The Morgan fingerprint density at radius 1 is 1.09 bits per heavy atom. The van der Waals surface area contributed by atoms with Gasteiger partial charge >= 0.3 is 12.1 Å². The van der Waals surface area contributed by atoms with Crippen LogP contribution in [0, 0.1) is 6.92 Å². The lowest BCUT2D eigenvalue weighted by Crippen LogP contribution is -2.27. The molecule has 0 saturated carbocycles. The summed E-state index contributed by atoms with van der Waals surface area (Å²) in [6.07, 6.45) is -4.77. The van der Waals surface area contributed by atoms with E-state index in [1.165, 1.54) is 6.07 Å². The third-order valence-corrected chi connectivity index (χ3v) is 4.40. The van der Waals surface area contributed by atoms with Crippen molar-refractivity contribution in [2.75, 3.05) is 11.9 Å². The fraction of sp³-hybridized carbons (Fsp3) is 0.182. The van der Waals surface area contributed by atoms with Crippen LogP contribution in [0.1, 0.15) is 38.9 Å². The van der Waals surface area contributed by atoms with Gasteiger partial charge in [0.1, 0.15) is 0 Å². The number of aromatic nitrogens is 2. The van der Waals surface area contributed by atoms with Crippen molar-refractivity contribution in [2.24, 2.45) is 0 Å². The number of rotatable bonds is 5. The standard InChI is InChI=1S/C22H18F3N3O4/c1-3-32-21(31)19-17(12-18(29)28(27-19)14-10-8-13(2)9-11-14)26-20(30)15-6-4-5-7-16(15)22(23,24)25/h4-12H,3H2,1-2H3,(H,26,30). The summed E-state index contributed by atoms with van der Waals surface area (Å²) in [4.78, 5) is 37.7. The minimum atomic E-state index is -4.77. The summed E-state index contributed by atoms with van der Waals surface area (Å²) in [5, 5.41) is 6.19. The predicted octanol–water partition coefficient (Wildman–Crippen LogP) is 3.99. The highest BCUT2D eigenvalue weighted by molar-refractivity contribution is 6.08. The van der Waals surface area contributed by atoms with E-state index in [-0.39, 0.29) is 12.3 Å². The number of nitrogens with one attached hydrogen (secondary N) is 1. The normalized spacial score (nSPS) is 11.2. The van der Waals surface area contributed by atoms with Gasteiger partial charge in [-0.3, -0.25) is 9.59 Å². The topological polar surface area (TPSA) is 90.3 Å². The molecule has 7 nitrogen and oxygen atoms in total. The van der Waals surface area contributed by atoms with Gasteiger partial charge in [-0.05, 0) is 38.1 Å². The van der Waals surface area contributed by atoms with Crippen LogP contribution < -0.4 is 10.9 Å². The van der Waals surface area contributed by atoms with Gasteiger partial charge < -0.3 is 10.1 Å². The highest BCUT2D eigenvalue weighted by Crippen LogP contribution is 2.32. The van der Waals surface area contributed by atoms with E-state index < -0.39 is 40.4 Å². The van der Waals surface area contributed by atoms with Crippen LogP contribution in [0.5, 0.6) is 0 Å². The van der Waals surface area contributed by atoms with Crippen molar-refractivity contribution < 1.29 is 27.5 Å². The predicted molar refractivity (Wildman–Crippen MR) is 110 cm³/mol. The molecule has 0 aliphatic rings. The Hall–Kier alpha value is -3.95. The van der Waals surface area contributed by atoms with Gasteiger partial charge in [0, 0.05) is 6.07 Å². The second-order valence-corrected chi connectivity index (χ2v) is 6.71. The number of hydrogen-bond donors (Lipinski definition) is 1. The summed E-state index contributed by atoms with van der Waals surface area (Å²) in [5.74, 6) is -2.11. The quantitative estimate of drug-likeness (QED) is 0.600. The molecular formula is C22H18F3N3O4. The molecule has 1 heterocycles. The number of carbonyl (C=O) groups is 2. The fourth-order valence-corrected chi connectivity index (χ4v) is 2.89. The maximum absolute atomic E-state index is 13.3. The molecular weight excluding hydrogens is 427 g/mol. The Bertz CT molecular complexity index is 1220. The Morgan fingerprint density at radius 3 is 2.38 bits per heavy atom. The molecule has 0 atom stereocenters. The first-order chi connectivity index (χ1) is 15.1. The zero-order valence-electron chi connectivity index (χ0n) is 17.1. The number of amides is 1. The number of aryl methyl sites for hydroxylation is 1. The molecule has 0 saturated heterocycles. The van der Waals surface area contributed by atoms with Crippen molar-refractivity contribution in [3.8, 4) is 5.69 Å². The number of benzene rings is 2. The van der Waals surface area contributed by atoms with E-state index in [0.29, 0.717) is 5.69 Å². The monoisotopic (exact) mass is 445 g/mol. The molecule has 10 heteroatoms. The van der Waals surface area contributed by atoms with E-state index in [1.54, 1.807) is 31.2 Å². The van der Waals surface area contributed by atoms with Gasteiger partial charge in [-0.15, -0.1) is 0 Å². The van der Waals surface area contributed by atoms with Crippen molar-refractivity contribution in [3.05, 3.63) is 87.3 Å². The number of halogens is 3. The maximum atomic E-state index is 13.3. The third kappa shape index (κ3) is 4.85. The second-order valence-electron chi connectivity index (χ2n) is 6.71. The van der Waals surface area contributed by atoms with Crippen LogP contribution in [0.3, 0.4) is 0 Å². The lowest BCUT2D eigenvalue weighted by molar-refractivity contribution is -0.137. The largest absolute Gasteiger partial charge is 0.461 e. The molecule has 0 fully saturated rings. The van der Waals surface area contributed by atoms with E-state index in [2.05, 4.69) is 10.4 Å². The first kappa shape index (κ1) is 22.7. The van der Waals surface area contributed by atoms with E-state index >= 15 is 0 Å². The maximum Gasteiger partial charge on any atom is 0.417 e. The smallest absolute Gasteiger partial charge is 0.417 e. The summed E-state index contributed by atoms with van der Waals surface area (Å²) in [6, 6.07) is 11.8. The van der Waals surface area contributed by atoms with Crippen LogP contribution in [-0.4, -0.2) is 28.3 Å². The molecule has 0 bridgehead atoms. The third-order valence-electron chi connectivity index (χ3n) is 4.40. The van der Waals surface area contributed by atoms with E-state index in [1.807, 2.05) is 6.92 Å². The van der Waals surface area contributed by atoms with E-state index in [4.69, 9.17) is 4.74 Å². The fourth-order valence-electron chi connectivity index (χ4n) is 2.89. The number of carbonyl (C=O) groups excluding carboxylic acids is 2. The molecule has 2 aromatic carbocycles. The highest BCUT2D eigenvalue weighted by Gasteiger charge is 2.35. The number of alkyl halides is 3. The Balaban J connectivity index is 2.07. The number of hydrogen-bond acceptors (Lipinski definition) is 5. The molecule has 0 aliphatic carbocycles. The summed E-state index contributed by atoms with van der Waals surface area (Å²) in [5.41, 5.74) is -2.04. The van der Waals surface area contributed by atoms with Gasteiger partial charge in [0.15, 0.2) is 5.69 Å². The van der Waals surface area contributed by atoms with Crippen molar-refractivity contribution in [1.29, 1.82) is 0 Å². The Labute approximate surface area is 180 Å². The van der Waals surface area contributed by atoms with Crippen LogP contribution in [-0.2, 0) is 10.9 Å². The van der Waals surface area contributed by atoms with Gasteiger partial charge in [-0.1, -0.05) is 29.8 Å². The molecule has 3 rings (SSSR count). The minimum absolute atomic E-state index is 0.0194. The molecule has 1 amide bonds. The molecule has 0 spiro atoms. The number of nitrogens with zero attached hydrogens (tertiary/aromatic N) is 2. The van der Waals surface area contributed by atoms with Crippen LogP contribution in [0.2, 0.25) is 0 Å². The van der Waals surface area contributed by atoms with Gasteiger partial charge in [-0.2, -0.15) is 23.0 Å². The van der Waals surface area contributed by atoms with Gasteiger partial charge in [0.25, 0.3) is 11.5 Å². The molecule has 0 radical (unpaired) electrons. The van der Waals surface area contributed by atoms with E-state index in [9.17, 15) is 27.6 Å². The average molecular weight is 445 g/mol. The van der Waals surface area contributed by atoms with Crippen LogP contribution in [0.25, 0.3) is 5.69 Å². The number of anilines is 1. The molecule has 1 N–H and O–H groups in total.